The number of hydrogen-bond donors (Lipinski definition) is 2. The molecule has 0 aromatic heterocycles. The summed E-state index contributed by atoms with van der Waals surface area (Å²) in [6.45, 7) is 0.532. The zero-order valence-corrected chi connectivity index (χ0v) is 15.5. The van der Waals surface area contributed by atoms with Gasteiger partial charge in [-0.1, -0.05) is 25.7 Å². The monoisotopic (exact) mass is 350 g/mol. The Labute approximate surface area is 150 Å². The van der Waals surface area contributed by atoms with Crippen LogP contribution in [-0.4, -0.2) is 39.9 Å². The van der Waals surface area contributed by atoms with E-state index in [1.54, 1.807) is 27.4 Å². The lowest BCUT2D eigenvalue weighted by Crippen LogP contribution is -2.42. The van der Waals surface area contributed by atoms with Gasteiger partial charge < -0.3 is 24.8 Å². The van der Waals surface area contributed by atoms with Gasteiger partial charge in [0.25, 0.3) is 0 Å². The summed E-state index contributed by atoms with van der Waals surface area (Å²) in [6, 6.07) is 3.91. The van der Waals surface area contributed by atoms with Gasteiger partial charge in [-0.05, 0) is 30.9 Å². The third kappa shape index (κ3) is 5.73. The molecule has 0 saturated heterocycles. The Balaban J connectivity index is 1.86. The summed E-state index contributed by atoms with van der Waals surface area (Å²) in [6.07, 6.45) is 7.77. The van der Waals surface area contributed by atoms with Crippen molar-refractivity contribution in [1.29, 1.82) is 0 Å². The van der Waals surface area contributed by atoms with Crippen LogP contribution in [0.25, 0.3) is 0 Å². The Morgan fingerprint density at radius 2 is 1.56 bits per heavy atom. The molecule has 25 heavy (non-hydrogen) atoms. The van der Waals surface area contributed by atoms with Gasteiger partial charge >= 0.3 is 6.03 Å². The number of amides is 2. The highest BCUT2D eigenvalue weighted by molar-refractivity contribution is 5.74. The number of hydrogen-bond acceptors (Lipinski definition) is 4. The first-order valence-electron chi connectivity index (χ1n) is 9.01. The van der Waals surface area contributed by atoms with Crippen molar-refractivity contribution < 1.29 is 19.0 Å². The number of carbonyl (C=O) groups is 1. The molecule has 0 heterocycles. The van der Waals surface area contributed by atoms with Crippen LogP contribution in [0.1, 0.15) is 44.1 Å². The van der Waals surface area contributed by atoms with E-state index in [-0.39, 0.29) is 6.03 Å². The molecule has 1 aromatic rings. The third-order valence-electron chi connectivity index (χ3n) is 4.66. The van der Waals surface area contributed by atoms with Crippen LogP contribution in [0.3, 0.4) is 0 Å². The first-order chi connectivity index (χ1) is 12.2. The summed E-state index contributed by atoms with van der Waals surface area (Å²) in [5.41, 5.74) is 0.968. The van der Waals surface area contributed by atoms with Crippen LogP contribution in [0, 0.1) is 0 Å². The van der Waals surface area contributed by atoms with E-state index in [9.17, 15) is 4.79 Å². The average Bonchev–Trinajstić information content (AvgIpc) is 2.89. The standard InChI is InChI=1S/C19H30N2O4/c1-23-16-13-18(25-3)17(24-2)12-14(16)10-11-20-19(22)21-15-8-6-4-5-7-9-15/h12-13,15H,4-11H2,1-3H3,(H2,20,21,22). The van der Waals surface area contributed by atoms with Crippen LogP contribution in [0.5, 0.6) is 17.2 Å². The zero-order valence-electron chi connectivity index (χ0n) is 15.5. The fraction of sp³-hybridized carbons (Fsp3) is 0.632. The minimum Gasteiger partial charge on any atom is -0.496 e. The SMILES string of the molecule is COc1cc(OC)c(OC)cc1CCNC(=O)NC1CCCCCC1. The molecular formula is C19H30N2O4. The van der Waals surface area contributed by atoms with Crippen molar-refractivity contribution in [2.45, 2.75) is 51.0 Å². The number of nitrogens with one attached hydrogen (secondary N) is 2. The Morgan fingerprint density at radius 3 is 2.16 bits per heavy atom. The second-order valence-electron chi connectivity index (χ2n) is 6.36. The summed E-state index contributed by atoms with van der Waals surface area (Å²) >= 11 is 0. The molecule has 0 atom stereocenters. The van der Waals surface area contributed by atoms with Gasteiger partial charge in [0.05, 0.1) is 21.3 Å². The predicted molar refractivity (Wildman–Crippen MR) is 97.8 cm³/mol. The highest BCUT2D eigenvalue weighted by Gasteiger charge is 2.15. The Hall–Kier alpha value is -2.11. The minimum atomic E-state index is -0.0913. The van der Waals surface area contributed by atoms with Crippen molar-refractivity contribution in [3.63, 3.8) is 0 Å². The number of ether oxygens (including phenoxy) is 3. The molecule has 1 aliphatic carbocycles. The molecular weight excluding hydrogens is 320 g/mol. The molecule has 140 valence electrons. The molecule has 6 heteroatoms. The molecule has 2 rings (SSSR count). The number of carbonyl (C=O) groups excluding carboxylic acids is 1. The third-order valence-corrected chi connectivity index (χ3v) is 4.66. The number of benzene rings is 1. The van der Waals surface area contributed by atoms with Gasteiger partial charge in [0, 0.05) is 18.7 Å². The molecule has 2 amide bonds. The predicted octanol–water partition coefficient (Wildman–Crippen LogP) is 3.28. The maximum Gasteiger partial charge on any atom is 0.315 e. The van der Waals surface area contributed by atoms with E-state index < -0.39 is 0 Å². The van der Waals surface area contributed by atoms with Crippen LogP contribution in [0.4, 0.5) is 4.79 Å². The quantitative estimate of drug-likeness (QED) is 0.741. The summed E-state index contributed by atoms with van der Waals surface area (Å²) in [5, 5.41) is 6.03. The van der Waals surface area contributed by atoms with Gasteiger partial charge in [0.1, 0.15) is 5.75 Å². The normalized spacial score (nSPS) is 15.2. The maximum absolute atomic E-state index is 12.1. The molecule has 0 unspecified atom stereocenters. The number of methoxy groups -OCH3 is 3. The fourth-order valence-electron chi connectivity index (χ4n) is 3.26. The second kappa shape index (κ2) is 10.0. The Morgan fingerprint density at radius 1 is 0.960 bits per heavy atom. The summed E-state index contributed by atoms with van der Waals surface area (Å²) in [7, 11) is 4.82. The van der Waals surface area contributed by atoms with Gasteiger partial charge in [-0.3, -0.25) is 0 Å². The van der Waals surface area contributed by atoms with E-state index in [0.717, 1.165) is 24.2 Å². The van der Waals surface area contributed by atoms with Crippen molar-refractivity contribution >= 4 is 6.03 Å². The van der Waals surface area contributed by atoms with Gasteiger partial charge in [-0.2, -0.15) is 0 Å². The van der Waals surface area contributed by atoms with Gasteiger partial charge in [0.15, 0.2) is 11.5 Å². The van der Waals surface area contributed by atoms with Crippen molar-refractivity contribution in [1.82, 2.24) is 10.6 Å². The topological polar surface area (TPSA) is 68.8 Å². The summed E-state index contributed by atoms with van der Waals surface area (Å²) < 4.78 is 16.0. The number of rotatable bonds is 7. The molecule has 6 nitrogen and oxygen atoms in total. The molecule has 1 saturated carbocycles. The molecule has 0 bridgehead atoms. The molecule has 0 radical (unpaired) electrons. The molecule has 2 N–H and O–H groups in total. The smallest absolute Gasteiger partial charge is 0.315 e. The molecule has 1 aromatic carbocycles. The van der Waals surface area contributed by atoms with Gasteiger partial charge in [-0.25, -0.2) is 4.79 Å². The lowest BCUT2D eigenvalue weighted by molar-refractivity contribution is 0.235. The van der Waals surface area contributed by atoms with Crippen molar-refractivity contribution in [2.75, 3.05) is 27.9 Å². The van der Waals surface area contributed by atoms with E-state index in [4.69, 9.17) is 14.2 Å². The summed E-state index contributed by atoms with van der Waals surface area (Å²) in [5.74, 6) is 2.01. The van der Waals surface area contributed by atoms with Crippen LogP contribution < -0.4 is 24.8 Å². The van der Waals surface area contributed by atoms with Crippen molar-refractivity contribution in [3.05, 3.63) is 17.7 Å². The van der Waals surface area contributed by atoms with E-state index in [0.29, 0.717) is 30.5 Å². The van der Waals surface area contributed by atoms with Gasteiger partial charge in [0.2, 0.25) is 0 Å². The first kappa shape index (κ1) is 19.2. The van der Waals surface area contributed by atoms with Crippen LogP contribution in [0.15, 0.2) is 12.1 Å². The Kier molecular flexibility index (Phi) is 7.70. The second-order valence-corrected chi connectivity index (χ2v) is 6.36. The van der Waals surface area contributed by atoms with Gasteiger partial charge in [-0.15, -0.1) is 0 Å². The lowest BCUT2D eigenvalue weighted by atomic mass is 10.1. The largest absolute Gasteiger partial charge is 0.496 e. The molecule has 0 aliphatic heterocycles. The summed E-state index contributed by atoms with van der Waals surface area (Å²) in [4.78, 5) is 12.1. The van der Waals surface area contributed by atoms with Crippen molar-refractivity contribution in [3.8, 4) is 17.2 Å². The molecule has 1 aliphatic rings. The highest BCUT2D eigenvalue weighted by atomic mass is 16.5. The van der Waals surface area contributed by atoms with E-state index in [1.165, 1.54) is 25.7 Å². The number of urea groups is 1. The van der Waals surface area contributed by atoms with Crippen LogP contribution in [-0.2, 0) is 6.42 Å². The van der Waals surface area contributed by atoms with E-state index in [2.05, 4.69) is 10.6 Å². The maximum atomic E-state index is 12.1. The Bertz CT molecular complexity index is 555. The zero-order chi connectivity index (χ0) is 18.1. The highest BCUT2D eigenvalue weighted by Crippen LogP contribution is 2.34. The van der Waals surface area contributed by atoms with Crippen molar-refractivity contribution in [2.24, 2.45) is 0 Å². The van der Waals surface area contributed by atoms with E-state index in [1.807, 2.05) is 6.07 Å². The van der Waals surface area contributed by atoms with Crippen LogP contribution in [0.2, 0.25) is 0 Å². The minimum absolute atomic E-state index is 0.0913. The first-order valence-corrected chi connectivity index (χ1v) is 9.01. The fourth-order valence-corrected chi connectivity index (χ4v) is 3.26. The van der Waals surface area contributed by atoms with Crippen LogP contribution >= 0.6 is 0 Å². The molecule has 1 fully saturated rings. The average molecular weight is 350 g/mol. The molecule has 0 spiro atoms. The lowest BCUT2D eigenvalue weighted by Gasteiger charge is -2.17. The van der Waals surface area contributed by atoms with E-state index >= 15 is 0 Å².